The number of hydrogen-bond donors (Lipinski definition) is 1. The number of benzene rings is 1. The maximum absolute atomic E-state index is 15.0. The molecule has 0 aromatic heterocycles. The second-order valence-electron chi connectivity index (χ2n) is 10.9. The van der Waals surface area contributed by atoms with E-state index in [1.54, 1.807) is 6.08 Å². The van der Waals surface area contributed by atoms with Crippen LogP contribution in [0.2, 0.25) is 0 Å². The number of halogens is 5. The van der Waals surface area contributed by atoms with Gasteiger partial charge in [0, 0.05) is 17.8 Å². The Morgan fingerprint density at radius 1 is 1.03 bits per heavy atom. The molecule has 0 bridgehead atoms. The SMILES string of the molecule is C[CH]c1ccc([C@H]2C[C@@]3(C)[C@@H](CC[C@@]3(O)C(F)(F)C(F)(F)F)[C@@H]3CCC4=CC(=O)CCC4=C32)cc1. The minimum absolute atomic E-state index is 0.00554. The van der Waals surface area contributed by atoms with Crippen molar-refractivity contribution < 1.29 is 31.9 Å². The zero-order valence-corrected chi connectivity index (χ0v) is 19.9. The van der Waals surface area contributed by atoms with Gasteiger partial charge < -0.3 is 5.11 Å². The van der Waals surface area contributed by atoms with Crippen molar-refractivity contribution in [3.63, 3.8) is 0 Å². The standard InChI is InChI=1S/C28H30F5O2/c1-3-16-4-6-17(7-5-16)22-15-25(2)23(12-13-26(25,35)27(29,30)28(31,32)33)21-10-8-18-14-19(34)9-11-20(18)24(21)22/h3-7,14,21-23,35H,8-13,15H2,1-2H3/t21-,22+,23-,25-,26-/m0/s1. The largest absolute Gasteiger partial charge is 0.456 e. The van der Waals surface area contributed by atoms with Crippen molar-refractivity contribution in [2.24, 2.45) is 17.3 Å². The van der Waals surface area contributed by atoms with Crippen LogP contribution in [0.25, 0.3) is 0 Å². The lowest BCUT2D eigenvalue weighted by atomic mass is 9.50. The molecule has 5 rings (SSSR count). The van der Waals surface area contributed by atoms with E-state index >= 15 is 0 Å². The molecule has 2 fully saturated rings. The van der Waals surface area contributed by atoms with Gasteiger partial charge >= 0.3 is 12.1 Å². The van der Waals surface area contributed by atoms with Crippen LogP contribution in [0, 0.1) is 23.7 Å². The third-order valence-electron chi connectivity index (χ3n) is 9.43. The molecule has 189 valence electrons. The van der Waals surface area contributed by atoms with E-state index in [1.807, 2.05) is 37.6 Å². The van der Waals surface area contributed by atoms with E-state index in [0.29, 0.717) is 25.7 Å². The maximum Gasteiger partial charge on any atom is 0.456 e. The normalized spacial score (nSPS) is 35.4. The smallest absolute Gasteiger partial charge is 0.383 e. The minimum atomic E-state index is -5.83. The van der Waals surface area contributed by atoms with E-state index in [4.69, 9.17) is 0 Å². The summed E-state index contributed by atoms with van der Waals surface area (Å²) in [6.07, 6.45) is -0.541. The lowest BCUT2D eigenvalue weighted by molar-refractivity contribution is -0.362. The van der Waals surface area contributed by atoms with Gasteiger partial charge in [0.2, 0.25) is 0 Å². The van der Waals surface area contributed by atoms with Crippen molar-refractivity contribution in [3.8, 4) is 0 Å². The van der Waals surface area contributed by atoms with Crippen molar-refractivity contribution in [2.45, 2.75) is 82.4 Å². The van der Waals surface area contributed by atoms with Crippen molar-refractivity contribution in [3.05, 3.63) is 64.6 Å². The predicted molar refractivity (Wildman–Crippen MR) is 122 cm³/mol. The number of ketones is 1. The lowest BCUT2D eigenvalue weighted by Crippen LogP contribution is -2.65. The highest BCUT2D eigenvalue weighted by molar-refractivity contribution is 5.93. The maximum atomic E-state index is 15.0. The van der Waals surface area contributed by atoms with Crippen LogP contribution < -0.4 is 0 Å². The van der Waals surface area contributed by atoms with Crippen molar-refractivity contribution in [1.29, 1.82) is 0 Å². The molecule has 2 saturated carbocycles. The number of hydrogen-bond acceptors (Lipinski definition) is 2. The van der Waals surface area contributed by atoms with Crippen LogP contribution in [-0.4, -0.2) is 28.6 Å². The van der Waals surface area contributed by atoms with E-state index in [9.17, 15) is 31.9 Å². The summed E-state index contributed by atoms with van der Waals surface area (Å²) < 4.78 is 70.7. The summed E-state index contributed by atoms with van der Waals surface area (Å²) in [4.78, 5) is 12.1. The molecule has 1 aromatic carbocycles. The molecule has 2 nitrogen and oxygen atoms in total. The van der Waals surface area contributed by atoms with Crippen LogP contribution in [0.1, 0.15) is 75.8 Å². The number of alkyl halides is 5. The molecular weight excluding hydrogens is 463 g/mol. The van der Waals surface area contributed by atoms with Gasteiger partial charge in [0.15, 0.2) is 5.78 Å². The van der Waals surface area contributed by atoms with Gasteiger partial charge in [-0.25, -0.2) is 0 Å². The lowest BCUT2D eigenvalue weighted by Gasteiger charge is -2.56. The first-order chi connectivity index (χ1) is 16.3. The van der Waals surface area contributed by atoms with E-state index in [-0.39, 0.29) is 24.5 Å². The summed E-state index contributed by atoms with van der Waals surface area (Å²) in [6.45, 7) is 3.35. The van der Waals surface area contributed by atoms with Gasteiger partial charge in [0.05, 0.1) is 0 Å². The Kier molecular flexibility index (Phi) is 5.63. The minimum Gasteiger partial charge on any atom is -0.383 e. The first-order valence-electron chi connectivity index (χ1n) is 12.4. The average Bonchev–Trinajstić information content (AvgIpc) is 3.09. The predicted octanol–water partition coefficient (Wildman–Crippen LogP) is 7.09. The summed E-state index contributed by atoms with van der Waals surface area (Å²) in [6, 6.07) is 7.66. The Balaban J connectivity index is 1.68. The number of carbonyl (C=O) groups is 1. The monoisotopic (exact) mass is 493 g/mol. The fourth-order valence-electron chi connectivity index (χ4n) is 7.64. The molecule has 5 atom stereocenters. The van der Waals surface area contributed by atoms with Gasteiger partial charge in [-0.3, -0.25) is 4.79 Å². The third-order valence-corrected chi connectivity index (χ3v) is 9.43. The van der Waals surface area contributed by atoms with E-state index in [1.165, 1.54) is 6.92 Å². The quantitative estimate of drug-likeness (QED) is 0.457. The zero-order chi connectivity index (χ0) is 25.4. The number of aliphatic hydroxyl groups is 1. The van der Waals surface area contributed by atoms with E-state index < -0.39 is 41.4 Å². The molecule has 0 amide bonds. The fourth-order valence-corrected chi connectivity index (χ4v) is 7.64. The molecule has 1 radical (unpaired) electrons. The topological polar surface area (TPSA) is 37.3 Å². The Morgan fingerprint density at radius 2 is 1.71 bits per heavy atom. The molecule has 1 aromatic rings. The van der Waals surface area contributed by atoms with Gasteiger partial charge in [-0.2, -0.15) is 22.0 Å². The van der Waals surface area contributed by atoms with Crippen LogP contribution >= 0.6 is 0 Å². The van der Waals surface area contributed by atoms with E-state index in [2.05, 4.69) is 0 Å². The fraction of sp³-hybridized carbons (Fsp3) is 0.571. The Hall–Kier alpha value is -2.02. The van der Waals surface area contributed by atoms with Crippen molar-refractivity contribution in [2.75, 3.05) is 0 Å². The van der Waals surface area contributed by atoms with Crippen molar-refractivity contribution in [1.82, 2.24) is 0 Å². The second kappa shape index (κ2) is 7.99. The van der Waals surface area contributed by atoms with Gasteiger partial charge in [-0.1, -0.05) is 43.7 Å². The number of rotatable bonds is 3. The van der Waals surface area contributed by atoms with Crippen molar-refractivity contribution >= 4 is 5.78 Å². The van der Waals surface area contributed by atoms with Gasteiger partial charge in [-0.05, 0) is 85.1 Å². The molecular formula is C28H30F5O2. The molecule has 7 heteroatoms. The Morgan fingerprint density at radius 3 is 2.34 bits per heavy atom. The summed E-state index contributed by atoms with van der Waals surface area (Å²) in [7, 11) is 0. The molecule has 35 heavy (non-hydrogen) atoms. The number of fused-ring (bicyclic) bond motifs is 4. The van der Waals surface area contributed by atoms with E-state index in [0.717, 1.165) is 27.8 Å². The molecule has 4 aliphatic carbocycles. The molecule has 0 saturated heterocycles. The first-order valence-corrected chi connectivity index (χ1v) is 12.4. The summed E-state index contributed by atoms with van der Waals surface area (Å²) in [5.41, 5.74) is 0.192. The third kappa shape index (κ3) is 3.40. The molecule has 0 heterocycles. The van der Waals surface area contributed by atoms with Crippen LogP contribution in [0.5, 0.6) is 0 Å². The van der Waals surface area contributed by atoms with Gasteiger partial charge in [0.25, 0.3) is 0 Å². The van der Waals surface area contributed by atoms with Gasteiger partial charge in [0.1, 0.15) is 5.60 Å². The number of allylic oxidation sites excluding steroid dienone is 4. The van der Waals surface area contributed by atoms with Gasteiger partial charge in [-0.15, -0.1) is 0 Å². The highest BCUT2D eigenvalue weighted by Gasteiger charge is 2.79. The Bertz CT molecular complexity index is 1100. The summed E-state index contributed by atoms with van der Waals surface area (Å²) in [5.74, 6) is -6.22. The zero-order valence-electron chi connectivity index (χ0n) is 19.9. The highest BCUT2D eigenvalue weighted by Crippen LogP contribution is 2.70. The molecule has 0 spiro atoms. The summed E-state index contributed by atoms with van der Waals surface area (Å²) >= 11 is 0. The summed E-state index contributed by atoms with van der Waals surface area (Å²) in [5, 5.41) is 11.3. The molecule has 0 unspecified atom stereocenters. The second-order valence-corrected chi connectivity index (χ2v) is 10.9. The Labute approximate surface area is 202 Å². The highest BCUT2D eigenvalue weighted by atomic mass is 19.4. The molecule has 1 N–H and O–H groups in total. The van der Waals surface area contributed by atoms with Crippen LogP contribution in [0.3, 0.4) is 0 Å². The first kappa shape index (κ1) is 24.7. The van der Waals surface area contributed by atoms with Crippen LogP contribution in [-0.2, 0) is 4.79 Å². The number of carbonyl (C=O) groups excluding carboxylic acids is 1. The van der Waals surface area contributed by atoms with Crippen LogP contribution in [0.15, 0.2) is 47.1 Å². The van der Waals surface area contributed by atoms with Crippen LogP contribution in [0.4, 0.5) is 22.0 Å². The average molecular weight is 494 g/mol. The molecule has 0 aliphatic heterocycles. The molecule has 4 aliphatic rings.